The Labute approximate surface area is 118 Å². The molecule has 1 aromatic carbocycles. The van der Waals surface area contributed by atoms with Crippen molar-refractivity contribution in [3.63, 3.8) is 0 Å². The lowest BCUT2D eigenvalue weighted by Gasteiger charge is -2.17. The molecule has 0 aromatic heterocycles. The van der Waals surface area contributed by atoms with E-state index in [0.717, 1.165) is 12.8 Å². The van der Waals surface area contributed by atoms with Crippen LogP contribution in [0.25, 0.3) is 0 Å². The van der Waals surface area contributed by atoms with E-state index in [-0.39, 0.29) is 18.3 Å². The minimum Gasteiger partial charge on any atom is -0.483 e. The fourth-order valence-electron chi connectivity index (χ4n) is 1.63. The van der Waals surface area contributed by atoms with Gasteiger partial charge in [-0.25, -0.2) is 0 Å². The van der Waals surface area contributed by atoms with E-state index in [9.17, 15) is 4.79 Å². The van der Waals surface area contributed by atoms with Gasteiger partial charge in [0.05, 0.1) is 5.56 Å². The van der Waals surface area contributed by atoms with Gasteiger partial charge in [0.15, 0.2) is 12.4 Å². The largest absolute Gasteiger partial charge is 0.483 e. The molecule has 1 rings (SSSR count). The molecule has 20 heavy (non-hydrogen) atoms. The van der Waals surface area contributed by atoms with Crippen LogP contribution in [0.2, 0.25) is 0 Å². The van der Waals surface area contributed by atoms with Crippen LogP contribution in [0.15, 0.2) is 29.4 Å². The number of unbranched alkanes of at least 4 members (excludes halogenated alkanes) is 1. The summed E-state index contributed by atoms with van der Waals surface area (Å²) in [6, 6.07) is 6.84. The van der Waals surface area contributed by atoms with E-state index >= 15 is 0 Å². The lowest BCUT2D eigenvalue weighted by atomic mass is 10.2. The van der Waals surface area contributed by atoms with Crippen molar-refractivity contribution in [1.82, 2.24) is 4.90 Å². The molecule has 0 radical (unpaired) electrons. The van der Waals surface area contributed by atoms with Crippen molar-refractivity contribution in [3.8, 4) is 5.75 Å². The number of oxime groups is 1. The van der Waals surface area contributed by atoms with Crippen LogP contribution in [0, 0.1) is 0 Å². The molecule has 0 heterocycles. The number of nitrogens with two attached hydrogens (primary N) is 1. The molecule has 0 atom stereocenters. The molecular weight excluding hydrogens is 258 g/mol. The summed E-state index contributed by atoms with van der Waals surface area (Å²) in [5, 5.41) is 11.6. The Morgan fingerprint density at radius 3 is 2.80 bits per heavy atom. The predicted octanol–water partition coefficient (Wildman–Crippen LogP) is 1.42. The molecular formula is C14H21N3O3. The van der Waals surface area contributed by atoms with Crippen molar-refractivity contribution >= 4 is 11.7 Å². The second-order valence-electron chi connectivity index (χ2n) is 4.44. The molecule has 1 aromatic rings. The Morgan fingerprint density at radius 1 is 1.45 bits per heavy atom. The molecule has 0 fully saturated rings. The first kappa shape index (κ1) is 15.8. The number of amidine groups is 1. The summed E-state index contributed by atoms with van der Waals surface area (Å²) in [5.74, 6) is 0.264. The topological polar surface area (TPSA) is 88.2 Å². The number of amides is 1. The number of carbonyl (C=O) groups is 1. The zero-order valence-corrected chi connectivity index (χ0v) is 11.9. The number of ether oxygens (including phenoxy) is 1. The van der Waals surface area contributed by atoms with Gasteiger partial charge in [0, 0.05) is 13.6 Å². The number of hydrogen-bond donors (Lipinski definition) is 2. The van der Waals surface area contributed by atoms with Gasteiger partial charge in [0.2, 0.25) is 0 Å². The van der Waals surface area contributed by atoms with Crippen LogP contribution in [0.3, 0.4) is 0 Å². The van der Waals surface area contributed by atoms with E-state index < -0.39 is 0 Å². The van der Waals surface area contributed by atoms with Crippen LogP contribution < -0.4 is 10.5 Å². The number of hydrogen-bond acceptors (Lipinski definition) is 4. The van der Waals surface area contributed by atoms with Crippen molar-refractivity contribution < 1.29 is 14.7 Å². The molecule has 0 aliphatic heterocycles. The first-order valence-electron chi connectivity index (χ1n) is 6.53. The lowest BCUT2D eigenvalue weighted by Crippen LogP contribution is -2.32. The molecule has 110 valence electrons. The maximum Gasteiger partial charge on any atom is 0.260 e. The summed E-state index contributed by atoms with van der Waals surface area (Å²) >= 11 is 0. The van der Waals surface area contributed by atoms with Crippen LogP contribution in [-0.4, -0.2) is 42.0 Å². The second kappa shape index (κ2) is 8.04. The number of benzene rings is 1. The Bertz CT molecular complexity index is 474. The number of carbonyl (C=O) groups excluding carboxylic acids is 1. The van der Waals surface area contributed by atoms with E-state index in [1.807, 2.05) is 0 Å². The van der Waals surface area contributed by atoms with E-state index in [1.165, 1.54) is 0 Å². The number of para-hydroxylation sites is 1. The number of nitrogens with zero attached hydrogens (tertiary/aromatic N) is 2. The van der Waals surface area contributed by atoms with Gasteiger partial charge in [-0.2, -0.15) is 0 Å². The highest BCUT2D eigenvalue weighted by Crippen LogP contribution is 2.17. The number of likely N-dealkylation sites (N-methyl/N-ethyl adjacent to an activating group) is 1. The average Bonchev–Trinajstić information content (AvgIpc) is 2.49. The fourth-order valence-corrected chi connectivity index (χ4v) is 1.63. The van der Waals surface area contributed by atoms with Crippen molar-refractivity contribution in [2.75, 3.05) is 20.2 Å². The zero-order valence-electron chi connectivity index (χ0n) is 11.9. The molecule has 0 spiro atoms. The third-order valence-electron chi connectivity index (χ3n) is 2.89. The summed E-state index contributed by atoms with van der Waals surface area (Å²) in [6.45, 7) is 2.71. The van der Waals surface area contributed by atoms with E-state index in [0.29, 0.717) is 17.9 Å². The summed E-state index contributed by atoms with van der Waals surface area (Å²) < 4.78 is 5.46. The summed E-state index contributed by atoms with van der Waals surface area (Å²) in [6.07, 6.45) is 1.99. The first-order valence-corrected chi connectivity index (χ1v) is 6.53. The van der Waals surface area contributed by atoms with Gasteiger partial charge in [-0.15, -0.1) is 0 Å². The molecule has 0 unspecified atom stereocenters. The van der Waals surface area contributed by atoms with Crippen molar-refractivity contribution in [2.45, 2.75) is 19.8 Å². The third-order valence-corrected chi connectivity index (χ3v) is 2.89. The van der Waals surface area contributed by atoms with Crippen LogP contribution in [-0.2, 0) is 4.79 Å². The van der Waals surface area contributed by atoms with E-state index in [2.05, 4.69) is 12.1 Å². The fraction of sp³-hybridized carbons (Fsp3) is 0.429. The summed E-state index contributed by atoms with van der Waals surface area (Å²) in [7, 11) is 1.75. The molecule has 0 saturated carbocycles. The molecule has 6 heteroatoms. The van der Waals surface area contributed by atoms with Crippen LogP contribution in [0.1, 0.15) is 25.3 Å². The quantitative estimate of drug-likeness (QED) is 0.342. The van der Waals surface area contributed by atoms with Crippen molar-refractivity contribution in [3.05, 3.63) is 29.8 Å². The zero-order chi connectivity index (χ0) is 15.0. The smallest absolute Gasteiger partial charge is 0.260 e. The first-order chi connectivity index (χ1) is 9.60. The normalized spacial score (nSPS) is 11.2. The van der Waals surface area contributed by atoms with Crippen LogP contribution in [0.4, 0.5) is 0 Å². The third kappa shape index (κ3) is 4.46. The highest BCUT2D eigenvalue weighted by atomic mass is 16.5. The molecule has 6 nitrogen and oxygen atoms in total. The van der Waals surface area contributed by atoms with Gasteiger partial charge in [-0.3, -0.25) is 4.79 Å². The monoisotopic (exact) mass is 279 g/mol. The van der Waals surface area contributed by atoms with Gasteiger partial charge in [0.25, 0.3) is 5.91 Å². The minimum atomic E-state index is -0.104. The highest BCUT2D eigenvalue weighted by Gasteiger charge is 2.12. The van der Waals surface area contributed by atoms with E-state index in [4.69, 9.17) is 15.7 Å². The van der Waals surface area contributed by atoms with Crippen molar-refractivity contribution in [1.29, 1.82) is 0 Å². The molecule has 0 aliphatic carbocycles. The summed E-state index contributed by atoms with van der Waals surface area (Å²) in [4.78, 5) is 13.5. The molecule has 0 aliphatic rings. The predicted molar refractivity (Wildman–Crippen MR) is 77.0 cm³/mol. The van der Waals surface area contributed by atoms with Gasteiger partial charge in [0.1, 0.15) is 5.75 Å². The number of rotatable bonds is 7. The van der Waals surface area contributed by atoms with Crippen molar-refractivity contribution in [2.24, 2.45) is 10.9 Å². The SMILES string of the molecule is CCCCN(C)C(=O)COc1ccccc1/C(N)=N/O. The standard InChI is InChI=1S/C14H21N3O3/c1-3-4-9-17(2)13(18)10-20-12-8-6-5-7-11(12)14(15)16-19/h5-8,19H,3-4,9-10H2,1-2H3,(H2,15,16). The molecule has 1 amide bonds. The Hall–Kier alpha value is -2.24. The van der Waals surface area contributed by atoms with E-state index in [1.54, 1.807) is 36.2 Å². The Balaban J connectivity index is 2.64. The molecule has 0 saturated heterocycles. The van der Waals surface area contributed by atoms with Gasteiger partial charge in [-0.1, -0.05) is 30.6 Å². The maximum absolute atomic E-state index is 11.9. The Morgan fingerprint density at radius 2 is 2.15 bits per heavy atom. The summed E-state index contributed by atoms with van der Waals surface area (Å²) in [5.41, 5.74) is 6.01. The lowest BCUT2D eigenvalue weighted by molar-refractivity contribution is -0.132. The molecule has 3 N–H and O–H groups in total. The molecule has 0 bridgehead atoms. The highest BCUT2D eigenvalue weighted by molar-refractivity contribution is 5.99. The average molecular weight is 279 g/mol. The van der Waals surface area contributed by atoms with Gasteiger partial charge < -0.3 is 20.6 Å². The van der Waals surface area contributed by atoms with Gasteiger partial charge >= 0.3 is 0 Å². The van der Waals surface area contributed by atoms with Crippen LogP contribution >= 0.6 is 0 Å². The van der Waals surface area contributed by atoms with Crippen LogP contribution in [0.5, 0.6) is 5.75 Å². The Kier molecular flexibility index (Phi) is 6.36. The maximum atomic E-state index is 11.9. The second-order valence-corrected chi connectivity index (χ2v) is 4.44. The minimum absolute atomic E-state index is 0.0487. The van der Waals surface area contributed by atoms with Gasteiger partial charge in [-0.05, 0) is 18.6 Å².